The molecular weight excluding hydrogens is 487 g/mol. The highest BCUT2D eigenvalue weighted by Crippen LogP contribution is 2.34. The van der Waals surface area contributed by atoms with E-state index >= 15 is 0 Å². The fourth-order valence-corrected chi connectivity index (χ4v) is 5.31. The van der Waals surface area contributed by atoms with Crippen LogP contribution in [-0.4, -0.2) is 47.4 Å². The Kier molecular flexibility index (Phi) is 8.08. The third kappa shape index (κ3) is 5.85. The largest absolute Gasteiger partial charge is 0.491 e. The maximum Gasteiger partial charge on any atom is 0.254 e. The second-order valence-electron chi connectivity index (χ2n) is 8.62. The molecule has 0 saturated heterocycles. The maximum absolute atomic E-state index is 13.8. The molecule has 2 heterocycles. The van der Waals surface area contributed by atoms with Gasteiger partial charge in [0.05, 0.1) is 6.04 Å². The third-order valence-corrected chi connectivity index (χ3v) is 7.65. The van der Waals surface area contributed by atoms with Gasteiger partial charge in [0.1, 0.15) is 24.7 Å². The number of carbonyl (C=O) groups excluding carboxylic acids is 2. The fraction of sp³-hybridized carbons (Fsp3) is 0.333. The van der Waals surface area contributed by atoms with Crippen LogP contribution in [0, 0.1) is 5.82 Å². The number of ether oxygens (including phenoxy) is 1. The standard InChI is InChI=1S/C27H28ClFN2O3S/c1-3-18(2)31(27(33)19-5-4-6-21(29)15-19)16-26(32)30-13-11-25-23(12-14-35-25)24(30)17-34-22-9-7-20(28)8-10-22/h4-10,12,14-15,18,24H,3,11,13,16-17H2,1-2H3. The van der Waals surface area contributed by atoms with Gasteiger partial charge in [-0.3, -0.25) is 9.59 Å². The van der Waals surface area contributed by atoms with Gasteiger partial charge in [-0.15, -0.1) is 11.3 Å². The van der Waals surface area contributed by atoms with Gasteiger partial charge < -0.3 is 14.5 Å². The molecule has 184 valence electrons. The van der Waals surface area contributed by atoms with Crippen LogP contribution >= 0.6 is 22.9 Å². The molecule has 4 rings (SSSR count). The zero-order valence-electron chi connectivity index (χ0n) is 19.7. The fourth-order valence-electron chi connectivity index (χ4n) is 4.25. The highest BCUT2D eigenvalue weighted by molar-refractivity contribution is 7.10. The van der Waals surface area contributed by atoms with Crippen molar-refractivity contribution >= 4 is 34.8 Å². The number of halogens is 2. The Bertz CT molecular complexity index is 1180. The first-order valence-electron chi connectivity index (χ1n) is 11.7. The normalized spacial score (nSPS) is 15.9. The molecule has 1 aliphatic rings. The summed E-state index contributed by atoms with van der Waals surface area (Å²) in [4.78, 5) is 31.5. The first-order valence-corrected chi connectivity index (χ1v) is 12.9. The van der Waals surface area contributed by atoms with E-state index in [9.17, 15) is 14.0 Å². The molecule has 2 aromatic carbocycles. The number of thiophene rings is 1. The molecule has 8 heteroatoms. The molecule has 2 unspecified atom stereocenters. The molecule has 2 atom stereocenters. The number of benzene rings is 2. The predicted octanol–water partition coefficient (Wildman–Crippen LogP) is 5.99. The number of hydrogen-bond donors (Lipinski definition) is 0. The molecule has 5 nitrogen and oxygen atoms in total. The summed E-state index contributed by atoms with van der Waals surface area (Å²) in [7, 11) is 0. The number of rotatable bonds is 8. The minimum absolute atomic E-state index is 0.0821. The van der Waals surface area contributed by atoms with Crippen molar-refractivity contribution < 1.29 is 18.7 Å². The zero-order chi connectivity index (χ0) is 24.9. The Morgan fingerprint density at radius 2 is 2.00 bits per heavy atom. The van der Waals surface area contributed by atoms with Crippen LogP contribution in [0.3, 0.4) is 0 Å². The third-order valence-electron chi connectivity index (χ3n) is 6.40. The summed E-state index contributed by atoms with van der Waals surface area (Å²) in [6, 6.07) is 14.3. The topological polar surface area (TPSA) is 49.9 Å². The van der Waals surface area contributed by atoms with Crippen LogP contribution < -0.4 is 4.74 Å². The molecule has 0 radical (unpaired) electrons. The predicted molar refractivity (Wildman–Crippen MR) is 137 cm³/mol. The van der Waals surface area contributed by atoms with Crippen molar-refractivity contribution in [3.05, 3.63) is 86.8 Å². The number of fused-ring (bicyclic) bond motifs is 1. The van der Waals surface area contributed by atoms with E-state index in [4.69, 9.17) is 16.3 Å². The number of hydrogen-bond acceptors (Lipinski definition) is 4. The summed E-state index contributed by atoms with van der Waals surface area (Å²) in [5.74, 6) is -0.315. The molecule has 0 saturated carbocycles. The molecule has 2 amide bonds. The molecular formula is C27H28ClFN2O3S. The van der Waals surface area contributed by atoms with Crippen molar-refractivity contribution in [2.45, 2.75) is 38.8 Å². The van der Waals surface area contributed by atoms with Crippen molar-refractivity contribution in [3.8, 4) is 5.75 Å². The summed E-state index contributed by atoms with van der Waals surface area (Å²) >= 11 is 7.66. The average molecular weight is 515 g/mol. The van der Waals surface area contributed by atoms with Gasteiger partial charge in [0.25, 0.3) is 5.91 Å². The minimum atomic E-state index is -0.480. The maximum atomic E-state index is 13.8. The second kappa shape index (κ2) is 11.2. The van der Waals surface area contributed by atoms with E-state index in [-0.39, 0.29) is 42.6 Å². The van der Waals surface area contributed by atoms with Crippen molar-refractivity contribution in [2.75, 3.05) is 19.7 Å². The van der Waals surface area contributed by atoms with Crippen LogP contribution in [0.25, 0.3) is 0 Å². The monoisotopic (exact) mass is 514 g/mol. The molecule has 0 aliphatic carbocycles. The Balaban J connectivity index is 1.54. The Morgan fingerprint density at radius 3 is 2.71 bits per heavy atom. The number of nitrogens with zero attached hydrogens (tertiary/aromatic N) is 2. The Hall–Kier alpha value is -2.90. The molecule has 1 aromatic heterocycles. The summed E-state index contributed by atoms with van der Waals surface area (Å²) in [6.45, 7) is 4.62. The van der Waals surface area contributed by atoms with Crippen LogP contribution in [0.5, 0.6) is 5.75 Å². The first kappa shape index (κ1) is 25.2. The van der Waals surface area contributed by atoms with Gasteiger partial charge in [-0.05, 0) is 79.2 Å². The van der Waals surface area contributed by atoms with Crippen molar-refractivity contribution in [1.29, 1.82) is 0 Å². The lowest BCUT2D eigenvalue weighted by Gasteiger charge is -2.38. The first-order chi connectivity index (χ1) is 16.9. The molecule has 3 aromatic rings. The number of carbonyl (C=O) groups is 2. The second-order valence-corrected chi connectivity index (χ2v) is 10.1. The SMILES string of the molecule is CCC(C)N(CC(=O)N1CCc2sccc2C1COc1ccc(Cl)cc1)C(=O)c1cccc(F)c1. The van der Waals surface area contributed by atoms with Crippen molar-refractivity contribution in [1.82, 2.24) is 9.80 Å². The van der Waals surface area contributed by atoms with Gasteiger partial charge in [-0.2, -0.15) is 0 Å². The molecule has 0 spiro atoms. The molecule has 0 fully saturated rings. The van der Waals surface area contributed by atoms with Crippen LogP contribution in [0.4, 0.5) is 4.39 Å². The van der Waals surface area contributed by atoms with E-state index < -0.39 is 5.82 Å². The van der Waals surface area contributed by atoms with Crippen LogP contribution in [0.15, 0.2) is 60.0 Å². The number of amides is 2. The van der Waals surface area contributed by atoms with E-state index in [1.54, 1.807) is 46.6 Å². The summed E-state index contributed by atoms with van der Waals surface area (Å²) in [6.07, 6.45) is 1.43. The van der Waals surface area contributed by atoms with Gasteiger partial charge >= 0.3 is 0 Å². The summed E-state index contributed by atoms with van der Waals surface area (Å²) < 4.78 is 19.8. The summed E-state index contributed by atoms with van der Waals surface area (Å²) in [5, 5.41) is 2.66. The quantitative estimate of drug-likeness (QED) is 0.371. The van der Waals surface area contributed by atoms with Gasteiger partial charge in [0.2, 0.25) is 5.91 Å². The van der Waals surface area contributed by atoms with Crippen molar-refractivity contribution in [3.63, 3.8) is 0 Å². The Morgan fingerprint density at radius 1 is 1.23 bits per heavy atom. The molecule has 1 aliphatic heterocycles. The van der Waals surface area contributed by atoms with E-state index in [0.29, 0.717) is 23.7 Å². The highest BCUT2D eigenvalue weighted by Gasteiger charge is 2.34. The van der Waals surface area contributed by atoms with Crippen LogP contribution in [-0.2, 0) is 11.2 Å². The van der Waals surface area contributed by atoms with Crippen LogP contribution in [0.2, 0.25) is 5.02 Å². The van der Waals surface area contributed by atoms with Gasteiger partial charge in [-0.1, -0.05) is 24.6 Å². The molecule has 0 N–H and O–H groups in total. The highest BCUT2D eigenvalue weighted by atomic mass is 35.5. The van der Waals surface area contributed by atoms with Gasteiger partial charge in [-0.25, -0.2) is 4.39 Å². The van der Waals surface area contributed by atoms with Crippen molar-refractivity contribution in [2.24, 2.45) is 0 Å². The van der Waals surface area contributed by atoms with Gasteiger partial charge in [0, 0.05) is 28.0 Å². The molecule has 35 heavy (non-hydrogen) atoms. The average Bonchev–Trinajstić information content (AvgIpc) is 3.35. The van der Waals surface area contributed by atoms with E-state index in [1.807, 2.05) is 25.3 Å². The molecule has 0 bridgehead atoms. The van der Waals surface area contributed by atoms with Gasteiger partial charge in [0.15, 0.2) is 0 Å². The summed E-state index contributed by atoms with van der Waals surface area (Å²) in [5.41, 5.74) is 1.31. The van der Waals surface area contributed by atoms with E-state index in [2.05, 4.69) is 0 Å². The smallest absolute Gasteiger partial charge is 0.254 e. The lowest BCUT2D eigenvalue weighted by Crippen LogP contribution is -2.49. The zero-order valence-corrected chi connectivity index (χ0v) is 21.3. The van der Waals surface area contributed by atoms with Crippen LogP contribution in [0.1, 0.15) is 47.1 Å². The van der Waals surface area contributed by atoms with E-state index in [0.717, 1.165) is 12.0 Å². The minimum Gasteiger partial charge on any atom is -0.491 e. The lowest BCUT2D eigenvalue weighted by atomic mass is 10.00. The Labute approximate surface area is 214 Å². The van der Waals surface area contributed by atoms with E-state index in [1.165, 1.54) is 28.0 Å². The lowest BCUT2D eigenvalue weighted by molar-refractivity contribution is -0.136.